The van der Waals surface area contributed by atoms with Gasteiger partial charge in [0, 0.05) is 5.92 Å². The van der Waals surface area contributed by atoms with Gasteiger partial charge in [0.2, 0.25) is 5.17 Å². The van der Waals surface area contributed by atoms with Gasteiger partial charge in [-0.05, 0) is 67.4 Å². The van der Waals surface area contributed by atoms with Crippen LogP contribution in [-0.2, 0) is 4.79 Å². The molecular weight excluding hydrogens is 448 g/mol. The summed E-state index contributed by atoms with van der Waals surface area (Å²) < 4.78 is 11.4. The zero-order valence-corrected chi connectivity index (χ0v) is 20.4. The van der Waals surface area contributed by atoms with E-state index in [2.05, 4.69) is 23.9 Å². The lowest BCUT2D eigenvalue weighted by Crippen LogP contribution is -2.35. The number of fused-ring (bicyclic) bond motifs is 1. The standard InChI is InChI=1S/C26H28N4O3S/c1-4-19(5-2)25-29-30-23(27)22(24(31)28-26(30)34-25)16-18-8-12-21(13-9-18)33-15-14-32-20-10-6-17(3)7-11-20/h6-13,16,19,27H,4-5,14-15H2,1-3H3/b22-16+,27-23?. The van der Waals surface area contributed by atoms with E-state index < -0.39 is 5.91 Å². The molecule has 0 saturated heterocycles. The van der Waals surface area contributed by atoms with Crippen LogP contribution in [0.3, 0.4) is 0 Å². The van der Waals surface area contributed by atoms with E-state index in [4.69, 9.17) is 14.9 Å². The number of benzene rings is 2. The van der Waals surface area contributed by atoms with Gasteiger partial charge in [-0.25, -0.2) is 0 Å². The predicted molar refractivity (Wildman–Crippen MR) is 138 cm³/mol. The van der Waals surface area contributed by atoms with Gasteiger partial charge in [-0.2, -0.15) is 15.1 Å². The van der Waals surface area contributed by atoms with E-state index in [1.54, 1.807) is 6.08 Å². The highest BCUT2D eigenvalue weighted by Crippen LogP contribution is 2.33. The van der Waals surface area contributed by atoms with Crippen molar-refractivity contribution in [1.82, 2.24) is 5.01 Å². The average molecular weight is 477 g/mol. The zero-order valence-electron chi connectivity index (χ0n) is 19.6. The Bertz CT molecular complexity index is 1150. The van der Waals surface area contributed by atoms with Crippen molar-refractivity contribution in [1.29, 1.82) is 5.41 Å². The molecule has 2 aliphatic rings. The van der Waals surface area contributed by atoms with E-state index in [-0.39, 0.29) is 11.4 Å². The normalized spacial score (nSPS) is 16.6. The van der Waals surface area contributed by atoms with Crippen LogP contribution in [0.2, 0.25) is 0 Å². The summed E-state index contributed by atoms with van der Waals surface area (Å²) in [5.74, 6) is 1.46. The summed E-state index contributed by atoms with van der Waals surface area (Å²) in [6.07, 6.45) is 3.59. The molecule has 0 spiro atoms. The number of nitrogens with zero attached hydrogens (tertiary/aromatic N) is 3. The number of aryl methyl sites for hydroxylation is 1. The monoisotopic (exact) mass is 476 g/mol. The predicted octanol–water partition coefficient (Wildman–Crippen LogP) is 5.51. The first-order chi connectivity index (χ1) is 16.5. The van der Waals surface area contributed by atoms with Crippen LogP contribution < -0.4 is 9.47 Å². The van der Waals surface area contributed by atoms with Gasteiger partial charge in [-0.1, -0.05) is 43.7 Å². The Balaban J connectivity index is 1.37. The minimum Gasteiger partial charge on any atom is -0.490 e. The molecule has 34 heavy (non-hydrogen) atoms. The molecule has 0 atom stereocenters. The van der Waals surface area contributed by atoms with Gasteiger partial charge in [0.1, 0.15) is 29.8 Å². The number of nitrogens with one attached hydrogen (secondary N) is 1. The molecule has 0 aromatic heterocycles. The molecule has 4 rings (SSSR count). The summed E-state index contributed by atoms with van der Waals surface area (Å²) in [4.78, 5) is 16.8. The third-order valence-corrected chi connectivity index (χ3v) is 6.71. The Hall–Kier alpha value is -3.39. The molecule has 0 radical (unpaired) electrons. The van der Waals surface area contributed by atoms with Crippen molar-refractivity contribution in [3.63, 3.8) is 0 Å². The van der Waals surface area contributed by atoms with Crippen molar-refractivity contribution in [2.75, 3.05) is 13.2 Å². The lowest BCUT2D eigenvalue weighted by molar-refractivity contribution is -0.114. The number of hydrogen-bond acceptors (Lipinski definition) is 6. The second-order valence-corrected chi connectivity index (χ2v) is 9.04. The Kier molecular flexibility index (Phi) is 7.47. The number of amides is 1. The smallest absolute Gasteiger partial charge is 0.283 e. The first kappa shape index (κ1) is 23.8. The van der Waals surface area contributed by atoms with Crippen molar-refractivity contribution in [3.8, 4) is 11.5 Å². The number of amidine groups is 2. The Morgan fingerprint density at radius 1 is 1.00 bits per heavy atom. The average Bonchev–Trinajstić information content (AvgIpc) is 3.26. The summed E-state index contributed by atoms with van der Waals surface area (Å²) >= 11 is 1.39. The lowest BCUT2D eigenvalue weighted by Gasteiger charge is -2.20. The van der Waals surface area contributed by atoms with Crippen LogP contribution in [-0.4, -0.2) is 40.2 Å². The molecule has 0 fully saturated rings. The zero-order chi connectivity index (χ0) is 24.1. The number of carbonyl (C=O) groups is 1. The van der Waals surface area contributed by atoms with E-state index in [1.807, 2.05) is 55.5 Å². The molecular formula is C26H28N4O3S. The fourth-order valence-corrected chi connectivity index (χ4v) is 4.75. The van der Waals surface area contributed by atoms with Crippen LogP contribution in [0.25, 0.3) is 6.08 Å². The number of thioether (sulfide) groups is 1. The van der Waals surface area contributed by atoms with E-state index in [9.17, 15) is 4.79 Å². The third kappa shape index (κ3) is 5.39. The van der Waals surface area contributed by atoms with Crippen molar-refractivity contribution in [2.24, 2.45) is 16.0 Å². The molecule has 2 heterocycles. The van der Waals surface area contributed by atoms with Gasteiger partial charge < -0.3 is 9.47 Å². The van der Waals surface area contributed by atoms with Crippen molar-refractivity contribution in [3.05, 3.63) is 65.2 Å². The SMILES string of the molecule is CCC(CC)C1=NN2C(=N)/C(=C\c3ccc(OCCOc4ccc(C)cc4)cc3)C(=O)N=C2S1. The first-order valence-corrected chi connectivity index (χ1v) is 12.2. The molecule has 2 aliphatic heterocycles. The van der Waals surface area contributed by atoms with E-state index >= 15 is 0 Å². The molecule has 0 aliphatic carbocycles. The molecule has 2 aromatic rings. The van der Waals surface area contributed by atoms with Crippen LogP contribution in [0.15, 0.2) is 64.2 Å². The Morgan fingerprint density at radius 3 is 2.18 bits per heavy atom. The molecule has 1 N–H and O–H groups in total. The maximum Gasteiger partial charge on any atom is 0.283 e. The number of hydrogen-bond donors (Lipinski definition) is 1. The fourth-order valence-electron chi connectivity index (χ4n) is 3.59. The summed E-state index contributed by atoms with van der Waals surface area (Å²) in [7, 11) is 0. The highest BCUT2D eigenvalue weighted by Gasteiger charge is 2.37. The minimum absolute atomic E-state index is 0.0528. The van der Waals surface area contributed by atoms with E-state index in [0.717, 1.165) is 29.2 Å². The number of carbonyl (C=O) groups excluding carboxylic acids is 1. The Morgan fingerprint density at radius 2 is 1.59 bits per heavy atom. The largest absolute Gasteiger partial charge is 0.490 e. The topological polar surface area (TPSA) is 87.3 Å². The summed E-state index contributed by atoms with van der Waals surface area (Å²) in [5.41, 5.74) is 2.19. The van der Waals surface area contributed by atoms with Crippen LogP contribution in [0.4, 0.5) is 0 Å². The number of aliphatic imine (C=N–C) groups is 1. The van der Waals surface area contributed by atoms with E-state index in [0.29, 0.717) is 30.0 Å². The van der Waals surface area contributed by atoms with Crippen LogP contribution in [0, 0.1) is 18.3 Å². The summed E-state index contributed by atoms with van der Waals surface area (Å²) in [6.45, 7) is 7.12. The molecule has 8 heteroatoms. The molecule has 0 saturated carbocycles. The quantitative estimate of drug-likeness (QED) is 0.381. The molecule has 1 amide bonds. The maximum atomic E-state index is 12.6. The van der Waals surface area contributed by atoms with Gasteiger partial charge in [-0.15, -0.1) is 0 Å². The van der Waals surface area contributed by atoms with E-state index in [1.165, 1.54) is 22.3 Å². The van der Waals surface area contributed by atoms with Crippen molar-refractivity contribution >= 4 is 39.8 Å². The van der Waals surface area contributed by atoms with Gasteiger partial charge in [0.25, 0.3) is 5.91 Å². The van der Waals surface area contributed by atoms with Crippen LogP contribution >= 0.6 is 11.8 Å². The molecule has 176 valence electrons. The summed E-state index contributed by atoms with van der Waals surface area (Å²) in [6, 6.07) is 15.3. The first-order valence-electron chi connectivity index (χ1n) is 11.4. The maximum absolute atomic E-state index is 12.6. The molecule has 0 unspecified atom stereocenters. The van der Waals surface area contributed by atoms with Gasteiger partial charge in [-0.3, -0.25) is 10.2 Å². The lowest BCUT2D eigenvalue weighted by atomic mass is 10.1. The molecule has 2 aromatic carbocycles. The highest BCUT2D eigenvalue weighted by atomic mass is 32.2. The van der Waals surface area contributed by atoms with Crippen LogP contribution in [0.5, 0.6) is 11.5 Å². The third-order valence-electron chi connectivity index (χ3n) is 5.64. The van der Waals surface area contributed by atoms with Crippen LogP contribution in [0.1, 0.15) is 37.8 Å². The van der Waals surface area contributed by atoms with Gasteiger partial charge in [0.05, 0.1) is 5.57 Å². The van der Waals surface area contributed by atoms with Crippen molar-refractivity contribution in [2.45, 2.75) is 33.6 Å². The highest BCUT2D eigenvalue weighted by molar-refractivity contribution is 8.27. The number of rotatable bonds is 9. The number of ether oxygens (including phenoxy) is 2. The molecule has 7 nitrogen and oxygen atoms in total. The minimum atomic E-state index is -0.418. The second kappa shape index (κ2) is 10.7. The fraction of sp³-hybridized carbons (Fsp3) is 0.308. The number of hydrazone groups is 1. The Labute approximate surface area is 204 Å². The van der Waals surface area contributed by atoms with Crippen molar-refractivity contribution < 1.29 is 14.3 Å². The van der Waals surface area contributed by atoms with Gasteiger partial charge >= 0.3 is 0 Å². The second-order valence-electron chi connectivity index (χ2n) is 8.05. The summed E-state index contributed by atoms with van der Waals surface area (Å²) in [5, 5.41) is 16.0. The molecule has 0 bridgehead atoms. The van der Waals surface area contributed by atoms with Gasteiger partial charge in [0.15, 0.2) is 5.84 Å².